The molecule has 0 fully saturated rings. The maximum absolute atomic E-state index is 11.6. The van der Waals surface area contributed by atoms with Crippen LogP contribution in [0.4, 0.5) is 0 Å². The minimum absolute atomic E-state index is 0.225. The largest absolute Gasteiger partial charge is 0.497 e. The van der Waals surface area contributed by atoms with Gasteiger partial charge >= 0.3 is 5.97 Å². The first-order valence-electron chi connectivity index (χ1n) is 5.81. The van der Waals surface area contributed by atoms with Crippen molar-refractivity contribution in [1.29, 1.82) is 0 Å². The molecule has 2 rings (SSSR count). The van der Waals surface area contributed by atoms with Crippen molar-refractivity contribution in [2.24, 2.45) is 0 Å². The van der Waals surface area contributed by atoms with Crippen LogP contribution < -0.4 is 4.74 Å². The predicted octanol–water partition coefficient (Wildman–Crippen LogP) is 2.98. The fourth-order valence-corrected chi connectivity index (χ4v) is 1.50. The van der Waals surface area contributed by atoms with E-state index in [4.69, 9.17) is 14.5 Å². The summed E-state index contributed by atoms with van der Waals surface area (Å²) in [5.74, 6) is 0.153. The highest BCUT2D eigenvalue weighted by Gasteiger charge is 2.08. The summed E-state index contributed by atoms with van der Waals surface area (Å²) in [7, 11) is 1.57. The lowest BCUT2D eigenvalue weighted by atomic mass is 10.2. The summed E-state index contributed by atoms with van der Waals surface area (Å²) in [4.78, 5) is 21.3. The van der Waals surface area contributed by atoms with Crippen LogP contribution in [0.25, 0.3) is 0 Å². The first-order chi connectivity index (χ1) is 9.29. The van der Waals surface area contributed by atoms with E-state index < -0.39 is 5.97 Å². The van der Waals surface area contributed by atoms with E-state index >= 15 is 0 Å². The van der Waals surface area contributed by atoms with Crippen LogP contribution in [0.3, 0.4) is 0 Å². The average Bonchev–Trinajstić information content (AvgIpc) is 2.48. The Balaban J connectivity index is 1.84. The lowest BCUT2D eigenvalue weighted by Gasteiger charge is -2.04. The second kappa shape index (κ2) is 6.56. The lowest BCUT2D eigenvalue weighted by Crippen LogP contribution is -2.06. The molecule has 0 saturated carbocycles. The molecule has 19 heavy (non-hydrogen) atoms. The molecular formula is C15H14O4. The van der Waals surface area contributed by atoms with Crippen molar-refractivity contribution in [2.45, 2.75) is 6.61 Å². The Kier molecular flexibility index (Phi) is 4.53. The summed E-state index contributed by atoms with van der Waals surface area (Å²) in [5.41, 5.74) is 1.35. The Morgan fingerprint density at radius 3 is 2.32 bits per heavy atom. The Hall–Kier alpha value is -2.33. The SMILES string of the molecule is COc1ccc(C(=O)OOCc2ccccc2)cc1. The van der Waals surface area contributed by atoms with Crippen LogP contribution in [0.2, 0.25) is 0 Å². The molecule has 2 aromatic rings. The molecule has 0 aliphatic carbocycles. The number of carbonyl (C=O) groups excluding carboxylic acids is 1. The molecule has 0 aliphatic heterocycles. The van der Waals surface area contributed by atoms with Gasteiger partial charge in [0.2, 0.25) is 0 Å². The van der Waals surface area contributed by atoms with E-state index in [1.54, 1.807) is 31.4 Å². The number of methoxy groups -OCH3 is 1. The van der Waals surface area contributed by atoms with Crippen LogP contribution in [-0.2, 0) is 16.4 Å². The number of carbonyl (C=O) groups is 1. The molecule has 0 heterocycles. The summed E-state index contributed by atoms with van der Waals surface area (Å²) in [6.07, 6.45) is 0. The molecule has 4 heteroatoms. The molecular weight excluding hydrogens is 244 g/mol. The maximum Gasteiger partial charge on any atom is 0.373 e. The number of ether oxygens (including phenoxy) is 1. The highest BCUT2D eigenvalue weighted by atomic mass is 17.2. The van der Waals surface area contributed by atoms with Crippen LogP contribution in [0.1, 0.15) is 15.9 Å². The van der Waals surface area contributed by atoms with E-state index in [2.05, 4.69) is 0 Å². The van der Waals surface area contributed by atoms with Crippen molar-refractivity contribution in [1.82, 2.24) is 0 Å². The van der Waals surface area contributed by atoms with Crippen molar-refractivity contribution < 1.29 is 19.3 Å². The van der Waals surface area contributed by atoms with Gasteiger partial charge in [0.25, 0.3) is 0 Å². The molecule has 0 spiro atoms. The number of benzene rings is 2. The van der Waals surface area contributed by atoms with Gasteiger partial charge in [0.05, 0.1) is 12.7 Å². The topological polar surface area (TPSA) is 44.8 Å². The van der Waals surface area contributed by atoms with Gasteiger partial charge in [-0.05, 0) is 29.8 Å². The van der Waals surface area contributed by atoms with Gasteiger partial charge in [-0.3, -0.25) is 4.89 Å². The monoisotopic (exact) mass is 258 g/mol. The van der Waals surface area contributed by atoms with Crippen LogP contribution >= 0.6 is 0 Å². The molecule has 98 valence electrons. The van der Waals surface area contributed by atoms with Crippen LogP contribution in [0.15, 0.2) is 54.6 Å². The Labute approximate surface area is 111 Å². The quantitative estimate of drug-likeness (QED) is 0.611. The third-order valence-electron chi connectivity index (χ3n) is 2.53. The van der Waals surface area contributed by atoms with Gasteiger partial charge in [-0.2, -0.15) is 4.89 Å². The van der Waals surface area contributed by atoms with Gasteiger partial charge in [-0.25, -0.2) is 4.79 Å². The molecule has 2 aromatic carbocycles. The van der Waals surface area contributed by atoms with Gasteiger partial charge in [0.1, 0.15) is 12.4 Å². The van der Waals surface area contributed by atoms with Crippen LogP contribution in [0, 0.1) is 0 Å². The predicted molar refractivity (Wildman–Crippen MR) is 69.6 cm³/mol. The summed E-state index contributed by atoms with van der Waals surface area (Å²) >= 11 is 0. The minimum Gasteiger partial charge on any atom is -0.497 e. The summed E-state index contributed by atoms with van der Waals surface area (Å²) in [5, 5.41) is 0. The third-order valence-corrected chi connectivity index (χ3v) is 2.53. The van der Waals surface area contributed by atoms with E-state index in [1.165, 1.54) is 0 Å². The zero-order chi connectivity index (χ0) is 13.5. The second-order valence-corrected chi connectivity index (χ2v) is 3.85. The van der Waals surface area contributed by atoms with Gasteiger partial charge < -0.3 is 4.74 Å². The fraction of sp³-hybridized carbons (Fsp3) is 0.133. The number of hydrogen-bond acceptors (Lipinski definition) is 4. The summed E-state index contributed by atoms with van der Waals surface area (Å²) in [6.45, 7) is 0.225. The summed E-state index contributed by atoms with van der Waals surface area (Å²) in [6, 6.07) is 16.1. The second-order valence-electron chi connectivity index (χ2n) is 3.85. The van der Waals surface area contributed by atoms with E-state index in [0.717, 1.165) is 5.56 Å². The molecule has 0 atom stereocenters. The van der Waals surface area contributed by atoms with Crippen molar-refractivity contribution in [3.8, 4) is 5.75 Å². The average molecular weight is 258 g/mol. The zero-order valence-corrected chi connectivity index (χ0v) is 10.5. The van der Waals surface area contributed by atoms with Gasteiger partial charge in [0, 0.05) is 0 Å². The highest BCUT2D eigenvalue weighted by molar-refractivity contribution is 5.89. The number of hydrogen-bond donors (Lipinski definition) is 0. The van der Waals surface area contributed by atoms with Gasteiger partial charge in [-0.1, -0.05) is 30.3 Å². The van der Waals surface area contributed by atoms with E-state index in [0.29, 0.717) is 11.3 Å². The smallest absolute Gasteiger partial charge is 0.373 e. The molecule has 0 bridgehead atoms. The van der Waals surface area contributed by atoms with E-state index in [1.807, 2.05) is 30.3 Å². The minimum atomic E-state index is -0.529. The van der Waals surface area contributed by atoms with Gasteiger partial charge in [-0.15, -0.1) is 0 Å². The van der Waals surface area contributed by atoms with Crippen LogP contribution in [-0.4, -0.2) is 13.1 Å². The maximum atomic E-state index is 11.6. The summed E-state index contributed by atoms with van der Waals surface area (Å²) < 4.78 is 5.00. The van der Waals surface area contributed by atoms with Crippen molar-refractivity contribution >= 4 is 5.97 Å². The Bertz CT molecular complexity index is 520. The first kappa shape index (κ1) is 13.1. The molecule has 0 saturated heterocycles. The highest BCUT2D eigenvalue weighted by Crippen LogP contribution is 2.12. The van der Waals surface area contributed by atoms with Crippen molar-refractivity contribution in [3.63, 3.8) is 0 Å². The lowest BCUT2D eigenvalue weighted by molar-refractivity contribution is -0.250. The fourth-order valence-electron chi connectivity index (χ4n) is 1.50. The van der Waals surface area contributed by atoms with E-state index in [9.17, 15) is 4.79 Å². The zero-order valence-electron chi connectivity index (χ0n) is 10.5. The molecule has 0 amide bonds. The molecule has 0 aliphatic rings. The van der Waals surface area contributed by atoms with E-state index in [-0.39, 0.29) is 6.61 Å². The Morgan fingerprint density at radius 1 is 1.00 bits per heavy atom. The normalized spacial score (nSPS) is 9.95. The third kappa shape index (κ3) is 3.82. The first-order valence-corrected chi connectivity index (χ1v) is 5.81. The molecule has 0 aromatic heterocycles. The molecule has 4 nitrogen and oxygen atoms in total. The Morgan fingerprint density at radius 2 is 1.68 bits per heavy atom. The number of rotatable bonds is 5. The van der Waals surface area contributed by atoms with Crippen molar-refractivity contribution in [3.05, 3.63) is 65.7 Å². The van der Waals surface area contributed by atoms with Gasteiger partial charge in [0.15, 0.2) is 0 Å². The molecule has 0 N–H and O–H groups in total. The van der Waals surface area contributed by atoms with Crippen molar-refractivity contribution in [2.75, 3.05) is 7.11 Å². The molecule has 0 unspecified atom stereocenters. The van der Waals surface area contributed by atoms with Crippen LogP contribution in [0.5, 0.6) is 5.75 Å². The standard InChI is InChI=1S/C15H14O4/c1-17-14-9-7-13(8-10-14)15(16)19-18-11-12-5-3-2-4-6-12/h2-10H,11H2,1H3. The molecule has 0 radical (unpaired) electrons.